The molecule has 0 fully saturated rings. The van der Waals surface area contributed by atoms with E-state index in [1.54, 1.807) is 6.07 Å². The Morgan fingerprint density at radius 1 is 1.29 bits per heavy atom. The topological polar surface area (TPSA) is 46.4 Å². The van der Waals surface area contributed by atoms with Crippen LogP contribution in [0.2, 0.25) is 5.02 Å². The SMILES string of the molecule is Cc1ccc(CN2CCc3cc([N+](=O)[O-])cc(Cl)c32)cc1. The summed E-state index contributed by atoms with van der Waals surface area (Å²) in [5.74, 6) is 0. The van der Waals surface area contributed by atoms with E-state index in [0.717, 1.165) is 30.8 Å². The van der Waals surface area contributed by atoms with Gasteiger partial charge in [-0.3, -0.25) is 10.1 Å². The summed E-state index contributed by atoms with van der Waals surface area (Å²) >= 11 is 6.26. The molecule has 1 heterocycles. The minimum Gasteiger partial charge on any atom is -0.365 e. The van der Waals surface area contributed by atoms with Crippen molar-refractivity contribution in [3.63, 3.8) is 0 Å². The van der Waals surface area contributed by atoms with Gasteiger partial charge in [0.2, 0.25) is 0 Å². The fraction of sp³-hybridized carbons (Fsp3) is 0.250. The Kier molecular flexibility index (Phi) is 3.55. The maximum atomic E-state index is 10.9. The average molecular weight is 303 g/mol. The van der Waals surface area contributed by atoms with Crippen LogP contribution in [0.15, 0.2) is 36.4 Å². The summed E-state index contributed by atoms with van der Waals surface area (Å²) in [6.07, 6.45) is 0.794. The van der Waals surface area contributed by atoms with E-state index >= 15 is 0 Å². The first-order valence-electron chi connectivity index (χ1n) is 6.82. The van der Waals surface area contributed by atoms with Crippen molar-refractivity contribution in [2.24, 2.45) is 0 Å². The van der Waals surface area contributed by atoms with Gasteiger partial charge >= 0.3 is 0 Å². The number of nitro benzene ring substituents is 1. The third kappa shape index (κ3) is 2.72. The molecule has 108 valence electrons. The van der Waals surface area contributed by atoms with Crippen LogP contribution in [0.1, 0.15) is 16.7 Å². The minimum atomic E-state index is -0.394. The van der Waals surface area contributed by atoms with Crippen molar-refractivity contribution in [3.8, 4) is 0 Å². The van der Waals surface area contributed by atoms with Crippen LogP contribution in [0.25, 0.3) is 0 Å². The molecule has 0 aliphatic carbocycles. The van der Waals surface area contributed by atoms with Gasteiger partial charge in [0.1, 0.15) is 0 Å². The number of nitrogens with zero attached hydrogens (tertiary/aromatic N) is 2. The van der Waals surface area contributed by atoms with Gasteiger partial charge in [-0.15, -0.1) is 0 Å². The van der Waals surface area contributed by atoms with E-state index in [1.807, 2.05) is 0 Å². The van der Waals surface area contributed by atoms with Crippen molar-refractivity contribution in [3.05, 3.63) is 68.2 Å². The molecule has 0 radical (unpaired) electrons. The molecule has 5 heteroatoms. The normalized spacial score (nSPS) is 13.3. The molecule has 0 bridgehead atoms. The number of nitro groups is 1. The number of benzene rings is 2. The molecule has 0 atom stereocenters. The van der Waals surface area contributed by atoms with Crippen molar-refractivity contribution < 1.29 is 4.92 Å². The van der Waals surface area contributed by atoms with Gasteiger partial charge in [-0.25, -0.2) is 0 Å². The lowest BCUT2D eigenvalue weighted by Crippen LogP contribution is -2.19. The van der Waals surface area contributed by atoms with Crippen molar-refractivity contribution in [2.75, 3.05) is 11.4 Å². The van der Waals surface area contributed by atoms with Gasteiger partial charge in [-0.2, -0.15) is 0 Å². The van der Waals surface area contributed by atoms with E-state index in [9.17, 15) is 10.1 Å². The maximum absolute atomic E-state index is 10.9. The molecule has 0 unspecified atom stereocenters. The van der Waals surface area contributed by atoms with Gasteiger partial charge in [0.25, 0.3) is 5.69 Å². The van der Waals surface area contributed by atoms with Crippen molar-refractivity contribution in [2.45, 2.75) is 19.9 Å². The Labute approximate surface area is 128 Å². The molecule has 1 aliphatic rings. The van der Waals surface area contributed by atoms with Crippen LogP contribution in [-0.4, -0.2) is 11.5 Å². The highest BCUT2D eigenvalue weighted by Crippen LogP contribution is 2.39. The van der Waals surface area contributed by atoms with Crippen LogP contribution in [0.4, 0.5) is 11.4 Å². The van der Waals surface area contributed by atoms with Gasteiger partial charge in [-0.05, 0) is 24.5 Å². The molecule has 0 spiro atoms. The Hall–Kier alpha value is -2.07. The van der Waals surface area contributed by atoms with Crippen LogP contribution in [-0.2, 0) is 13.0 Å². The van der Waals surface area contributed by atoms with Crippen LogP contribution >= 0.6 is 11.6 Å². The highest BCUT2D eigenvalue weighted by atomic mass is 35.5. The lowest BCUT2D eigenvalue weighted by Gasteiger charge is -2.20. The lowest BCUT2D eigenvalue weighted by molar-refractivity contribution is -0.384. The van der Waals surface area contributed by atoms with Crippen molar-refractivity contribution in [1.82, 2.24) is 0 Å². The second-order valence-electron chi connectivity index (χ2n) is 5.35. The fourth-order valence-corrected chi connectivity index (χ4v) is 3.08. The van der Waals surface area contributed by atoms with E-state index in [2.05, 4.69) is 36.1 Å². The molecular formula is C16H15ClN2O2. The second-order valence-corrected chi connectivity index (χ2v) is 5.76. The monoisotopic (exact) mass is 302 g/mol. The third-order valence-corrected chi connectivity index (χ3v) is 4.09. The van der Waals surface area contributed by atoms with Gasteiger partial charge in [-0.1, -0.05) is 41.4 Å². The van der Waals surface area contributed by atoms with Gasteiger partial charge < -0.3 is 4.90 Å². The smallest absolute Gasteiger partial charge is 0.271 e. The van der Waals surface area contributed by atoms with Crippen LogP contribution in [0.5, 0.6) is 0 Å². The standard InChI is InChI=1S/C16H15ClN2O2/c1-11-2-4-12(5-3-11)10-18-7-6-13-8-14(19(20)21)9-15(17)16(13)18/h2-5,8-9H,6-7,10H2,1H3. The molecule has 2 aromatic rings. The predicted octanol–water partition coefficient (Wildman–Crippen LogP) is 4.12. The van der Waals surface area contributed by atoms with Crippen LogP contribution in [0.3, 0.4) is 0 Å². The van der Waals surface area contributed by atoms with Crippen molar-refractivity contribution in [1.29, 1.82) is 0 Å². The summed E-state index contributed by atoms with van der Waals surface area (Å²) in [5.41, 5.74) is 4.40. The van der Waals surface area contributed by atoms with E-state index in [4.69, 9.17) is 11.6 Å². The molecule has 1 aliphatic heterocycles. The molecular weight excluding hydrogens is 288 g/mol. The molecule has 0 aromatic heterocycles. The Bertz CT molecular complexity index is 698. The highest BCUT2D eigenvalue weighted by Gasteiger charge is 2.25. The van der Waals surface area contributed by atoms with E-state index in [1.165, 1.54) is 17.2 Å². The summed E-state index contributed by atoms with van der Waals surface area (Å²) in [6.45, 7) is 3.67. The number of rotatable bonds is 3. The molecule has 0 N–H and O–H groups in total. The van der Waals surface area contributed by atoms with Crippen LogP contribution < -0.4 is 4.90 Å². The number of aryl methyl sites for hydroxylation is 1. The zero-order chi connectivity index (χ0) is 15.0. The molecule has 2 aromatic carbocycles. The van der Waals surface area contributed by atoms with E-state index < -0.39 is 4.92 Å². The van der Waals surface area contributed by atoms with Crippen LogP contribution in [0, 0.1) is 17.0 Å². The summed E-state index contributed by atoms with van der Waals surface area (Å²) in [7, 11) is 0. The quantitative estimate of drug-likeness (QED) is 0.633. The largest absolute Gasteiger partial charge is 0.365 e. The summed E-state index contributed by atoms with van der Waals surface area (Å²) in [6, 6.07) is 11.5. The fourth-order valence-electron chi connectivity index (χ4n) is 2.73. The first kappa shape index (κ1) is 13.9. The second kappa shape index (κ2) is 5.37. The van der Waals surface area contributed by atoms with Crippen molar-refractivity contribution >= 4 is 23.0 Å². The zero-order valence-electron chi connectivity index (χ0n) is 11.7. The summed E-state index contributed by atoms with van der Waals surface area (Å²) in [5, 5.41) is 11.4. The number of halogens is 1. The van der Waals surface area contributed by atoms with Gasteiger partial charge in [0.05, 0.1) is 15.6 Å². The zero-order valence-corrected chi connectivity index (χ0v) is 12.4. The first-order chi connectivity index (χ1) is 10.0. The molecule has 0 amide bonds. The Morgan fingerprint density at radius 2 is 2.00 bits per heavy atom. The number of anilines is 1. The first-order valence-corrected chi connectivity index (χ1v) is 7.19. The Morgan fingerprint density at radius 3 is 2.67 bits per heavy atom. The molecule has 3 rings (SSSR count). The average Bonchev–Trinajstić information content (AvgIpc) is 2.85. The summed E-state index contributed by atoms with van der Waals surface area (Å²) in [4.78, 5) is 12.7. The number of non-ortho nitro benzene ring substituents is 1. The molecule has 0 saturated carbocycles. The molecule has 0 saturated heterocycles. The van der Waals surface area contributed by atoms with Gasteiger partial charge in [0.15, 0.2) is 0 Å². The van der Waals surface area contributed by atoms with E-state index in [-0.39, 0.29) is 5.69 Å². The number of hydrogen-bond acceptors (Lipinski definition) is 3. The third-order valence-electron chi connectivity index (χ3n) is 3.80. The lowest BCUT2D eigenvalue weighted by atomic mass is 10.1. The van der Waals surface area contributed by atoms with Gasteiger partial charge in [0, 0.05) is 25.2 Å². The minimum absolute atomic E-state index is 0.0657. The number of fused-ring (bicyclic) bond motifs is 1. The predicted molar refractivity (Wildman–Crippen MR) is 84.0 cm³/mol. The Balaban J connectivity index is 1.90. The molecule has 4 nitrogen and oxygen atoms in total. The number of hydrogen-bond donors (Lipinski definition) is 0. The van der Waals surface area contributed by atoms with E-state index in [0.29, 0.717) is 5.02 Å². The molecule has 21 heavy (non-hydrogen) atoms. The summed E-state index contributed by atoms with van der Waals surface area (Å²) < 4.78 is 0. The highest BCUT2D eigenvalue weighted by molar-refractivity contribution is 6.33. The maximum Gasteiger partial charge on any atom is 0.271 e.